The number of hydrogen-bond acceptors (Lipinski definition) is 3. The normalized spacial score (nSPS) is 15.2. The van der Waals surface area contributed by atoms with Crippen LogP contribution in [0.2, 0.25) is 0 Å². The first kappa shape index (κ1) is 10.9. The fraction of sp³-hybridized carbons (Fsp3) is 0.714. The second-order valence-corrected chi connectivity index (χ2v) is 2.42. The molecule has 0 spiro atoms. The highest BCUT2D eigenvalue weighted by molar-refractivity contribution is 5.79. The number of carbonyl (C=O) groups is 2. The molecular formula is C7H13NO4. The highest BCUT2D eigenvalue weighted by Gasteiger charge is 2.20. The molecule has 0 fully saturated rings. The van der Waals surface area contributed by atoms with Crippen molar-refractivity contribution in [1.29, 1.82) is 0 Å². The van der Waals surface area contributed by atoms with Crippen molar-refractivity contribution in [3.8, 4) is 0 Å². The van der Waals surface area contributed by atoms with E-state index < -0.39 is 24.1 Å². The molecule has 3 N–H and O–H groups in total. The predicted octanol–water partition coefficient (Wildman–Crippen LogP) is -0.260. The largest absolute Gasteiger partial charge is 0.479 e. The Bertz CT molecular complexity index is 180. The standard InChI is InChI=1S/C7H13NO4/c1-3-5(6(8)9)12-4(2)7(10)11/h4-5H,3H2,1-2H3,(H2,8,9)(H,10,11)/t4-,5?/m1/s1. The van der Waals surface area contributed by atoms with Gasteiger partial charge in [0, 0.05) is 0 Å². The minimum atomic E-state index is -1.10. The zero-order valence-corrected chi connectivity index (χ0v) is 7.11. The number of carbonyl (C=O) groups excluding carboxylic acids is 1. The summed E-state index contributed by atoms with van der Waals surface area (Å²) in [6.07, 6.45) is -1.43. The van der Waals surface area contributed by atoms with E-state index in [9.17, 15) is 9.59 Å². The minimum Gasteiger partial charge on any atom is -0.479 e. The van der Waals surface area contributed by atoms with Crippen LogP contribution in [0.3, 0.4) is 0 Å². The Hall–Kier alpha value is -1.10. The van der Waals surface area contributed by atoms with Gasteiger partial charge >= 0.3 is 5.97 Å². The Morgan fingerprint density at radius 2 is 2.08 bits per heavy atom. The zero-order chi connectivity index (χ0) is 9.72. The van der Waals surface area contributed by atoms with E-state index in [4.69, 9.17) is 15.6 Å². The number of nitrogens with two attached hydrogens (primary N) is 1. The topological polar surface area (TPSA) is 89.6 Å². The van der Waals surface area contributed by atoms with E-state index in [1.165, 1.54) is 6.92 Å². The molecule has 0 aliphatic rings. The number of carboxylic acid groups (broad SMARTS) is 1. The van der Waals surface area contributed by atoms with Crippen molar-refractivity contribution in [1.82, 2.24) is 0 Å². The molecule has 0 saturated heterocycles. The molecule has 5 nitrogen and oxygen atoms in total. The molecule has 0 bridgehead atoms. The third-order valence-corrected chi connectivity index (χ3v) is 1.40. The van der Waals surface area contributed by atoms with E-state index in [1.54, 1.807) is 6.92 Å². The molecule has 0 saturated carbocycles. The lowest BCUT2D eigenvalue weighted by atomic mass is 10.2. The maximum atomic E-state index is 10.6. The molecule has 5 heteroatoms. The van der Waals surface area contributed by atoms with Gasteiger partial charge in [0.05, 0.1) is 0 Å². The van der Waals surface area contributed by atoms with Crippen LogP contribution in [-0.2, 0) is 14.3 Å². The number of hydrogen-bond donors (Lipinski definition) is 2. The first-order valence-electron chi connectivity index (χ1n) is 3.66. The van der Waals surface area contributed by atoms with Crippen molar-refractivity contribution < 1.29 is 19.4 Å². The van der Waals surface area contributed by atoms with Gasteiger partial charge in [-0.2, -0.15) is 0 Å². The van der Waals surface area contributed by atoms with Crippen molar-refractivity contribution in [2.45, 2.75) is 32.5 Å². The Morgan fingerprint density at radius 3 is 2.33 bits per heavy atom. The second-order valence-electron chi connectivity index (χ2n) is 2.42. The Labute approximate surface area is 70.5 Å². The van der Waals surface area contributed by atoms with Crippen molar-refractivity contribution in [2.75, 3.05) is 0 Å². The summed E-state index contributed by atoms with van der Waals surface area (Å²) in [5.41, 5.74) is 4.94. The average molecular weight is 175 g/mol. The van der Waals surface area contributed by atoms with Crippen LogP contribution in [0.5, 0.6) is 0 Å². The molecule has 0 aromatic carbocycles. The monoisotopic (exact) mass is 175 g/mol. The summed E-state index contributed by atoms with van der Waals surface area (Å²) in [4.78, 5) is 20.9. The van der Waals surface area contributed by atoms with E-state index in [0.717, 1.165) is 0 Å². The molecule has 0 aromatic heterocycles. The minimum absolute atomic E-state index is 0.382. The summed E-state index contributed by atoms with van der Waals surface area (Å²) in [6.45, 7) is 3.05. The van der Waals surface area contributed by atoms with Crippen LogP contribution < -0.4 is 5.73 Å². The summed E-state index contributed by atoms with van der Waals surface area (Å²) in [7, 11) is 0. The number of rotatable bonds is 5. The molecule has 70 valence electrons. The van der Waals surface area contributed by atoms with Gasteiger partial charge in [0.1, 0.15) is 6.10 Å². The maximum absolute atomic E-state index is 10.6. The van der Waals surface area contributed by atoms with Crippen LogP contribution in [0.15, 0.2) is 0 Å². The first-order chi connectivity index (χ1) is 5.49. The molecular weight excluding hydrogens is 162 g/mol. The van der Waals surface area contributed by atoms with Crippen LogP contribution in [0.1, 0.15) is 20.3 Å². The number of primary amides is 1. The SMILES string of the molecule is CCC(O[C@H](C)C(=O)O)C(N)=O. The van der Waals surface area contributed by atoms with Gasteiger partial charge in [-0.3, -0.25) is 4.79 Å². The first-order valence-corrected chi connectivity index (χ1v) is 3.66. The molecule has 1 unspecified atom stereocenters. The molecule has 0 rings (SSSR count). The van der Waals surface area contributed by atoms with Gasteiger partial charge < -0.3 is 15.6 Å². The third kappa shape index (κ3) is 3.34. The summed E-state index contributed by atoms with van der Waals surface area (Å²) < 4.78 is 4.85. The summed E-state index contributed by atoms with van der Waals surface area (Å²) in [6, 6.07) is 0. The predicted molar refractivity (Wildman–Crippen MR) is 41.5 cm³/mol. The van der Waals surface area contributed by atoms with Gasteiger partial charge in [0.2, 0.25) is 5.91 Å². The smallest absolute Gasteiger partial charge is 0.332 e. The molecule has 0 heterocycles. The number of carboxylic acids is 1. The maximum Gasteiger partial charge on any atom is 0.332 e. The summed E-state index contributed by atoms with van der Waals surface area (Å²) in [5.74, 6) is -1.74. The van der Waals surface area contributed by atoms with Crippen LogP contribution in [-0.4, -0.2) is 29.2 Å². The van der Waals surface area contributed by atoms with E-state index in [0.29, 0.717) is 6.42 Å². The Kier molecular flexibility index (Phi) is 4.28. The van der Waals surface area contributed by atoms with E-state index in [-0.39, 0.29) is 0 Å². The van der Waals surface area contributed by atoms with E-state index in [2.05, 4.69) is 0 Å². The van der Waals surface area contributed by atoms with Gasteiger partial charge in [-0.25, -0.2) is 4.79 Å². The quantitative estimate of drug-likeness (QED) is 0.602. The molecule has 12 heavy (non-hydrogen) atoms. The molecule has 2 atom stereocenters. The lowest BCUT2D eigenvalue weighted by Crippen LogP contribution is -2.35. The molecule has 0 aromatic rings. The fourth-order valence-electron chi connectivity index (χ4n) is 0.669. The highest BCUT2D eigenvalue weighted by atomic mass is 16.5. The van der Waals surface area contributed by atoms with E-state index in [1.807, 2.05) is 0 Å². The van der Waals surface area contributed by atoms with Crippen LogP contribution in [0.4, 0.5) is 0 Å². The summed E-state index contributed by atoms with van der Waals surface area (Å²) >= 11 is 0. The van der Waals surface area contributed by atoms with Gasteiger partial charge in [-0.1, -0.05) is 6.92 Å². The number of amides is 1. The van der Waals surface area contributed by atoms with Crippen LogP contribution in [0.25, 0.3) is 0 Å². The van der Waals surface area contributed by atoms with Crippen molar-refractivity contribution in [3.63, 3.8) is 0 Å². The van der Waals surface area contributed by atoms with Crippen molar-refractivity contribution in [3.05, 3.63) is 0 Å². The Morgan fingerprint density at radius 1 is 1.58 bits per heavy atom. The second kappa shape index (κ2) is 4.71. The lowest BCUT2D eigenvalue weighted by Gasteiger charge is -2.15. The van der Waals surface area contributed by atoms with Gasteiger partial charge in [0.25, 0.3) is 0 Å². The van der Waals surface area contributed by atoms with Crippen molar-refractivity contribution >= 4 is 11.9 Å². The van der Waals surface area contributed by atoms with Gasteiger partial charge in [0.15, 0.2) is 6.10 Å². The number of aliphatic carboxylic acids is 1. The van der Waals surface area contributed by atoms with Crippen LogP contribution >= 0.6 is 0 Å². The molecule has 0 radical (unpaired) electrons. The molecule has 0 aliphatic heterocycles. The van der Waals surface area contributed by atoms with Gasteiger partial charge in [-0.05, 0) is 13.3 Å². The Balaban J connectivity index is 4.02. The number of ether oxygens (including phenoxy) is 1. The third-order valence-electron chi connectivity index (χ3n) is 1.40. The van der Waals surface area contributed by atoms with Crippen LogP contribution in [0, 0.1) is 0 Å². The van der Waals surface area contributed by atoms with Crippen molar-refractivity contribution in [2.24, 2.45) is 5.73 Å². The summed E-state index contributed by atoms with van der Waals surface area (Å²) in [5, 5.41) is 8.43. The average Bonchev–Trinajstić information content (AvgIpc) is 1.98. The fourth-order valence-corrected chi connectivity index (χ4v) is 0.669. The zero-order valence-electron chi connectivity index (χ0n) is 7.11. The molecule has 1 amide bonds. The lowest BCUT2D eigenvalue weighted by molar-refractivity contribution is -0.155. The van der Waals surface area contributed by atoms with E-state index >= 15 is 0 Å². The molecule has 0 aliphatic carbocycles. The van der Waals surface area contributed by atoms with Gasteiger partial charge in [-0.15, -0.1) is 0 Å². The highest BCUT2D eigenvalue weighted by Crippen LogP contribution is 2.01.